The number of benzene rings is 1. The van der Waals surface area contributed by atoms with Gasteiger partial charge in [0.15, 0.2) is 0 Å². The fraction of sp³-hybridized carbons (Fsp3) is 0.222. The predicted molar refractivity (Wildman–Crippen MR) is 60.7 cm³/mol. The monoisotopic (exact) mass is 279 g/mol. The van der Waals surface area contributed by atoms with Gasteiger partial charge in [-0.05, 0) is 30.2 Å². The van der Waals surface area contributed by atoms with Crippen LogP contribution in [0, 0.1) is 6.92 Å². The van der Waals surface area contributed by atoms with E-state index in [0.717, 1.165) is 10.0 Å². The van der Waals surface area contributed by atoms with E-state index >= 15 is 0 Å². The van der Waals surface area contributed by atoms with Crippen LogP contribution in [-0.4, -0.2) is 11.1 Å². The first-order valence-corrected chi connectivity index (χ1v) is 4.56. The molecular formula is C9H11BrClNO2. The van der Waals surface area contributed by atoms with Crippen molar-refractivity contribution in [3.63, 3.8) is 0 Å². The van der Waals surface area contributed by atoms with Gasteiger partial charge in [-0.3, -0.25) is 4.79 Å². The highest BCUT2D eigenvalue weighted by atomic mass is 79.9. The van der Waals surface area contributed by atoms with E-state index < -0.39 is 12.0 Å². The summed E-state index contributed by atoms with van der Waals surface area (Å²) in [5, 5.41) is 8.71. The average Bonchev–Trinajstić information content (AvgIpc) is 2.08. The van der Waals surface area contributed by atoms with E-state index in [1.165, 1.54) is 0 Å². The topological polar surface area (TPSA) is 63.3 Å². The lowest BCUT2D eigenvalue weighted by Crippen LogP contribution is -2.21. The van der Waals surface area contributed by atoms with Gasteiger partial charge in [0, 0.05) is 4.47 Å². The van der Waals surface area contributed by atoms with Crippen LogP contribution in [0.1, 0.15) is 17.2 Å². The number of carboxylic acids is 1. The lowest BCUT2D eigenvalue weighted by atomic mass is 10.0. The largest absolute Gasteiger partial charge is 0.480 e. The number of aryl methyl sites for hydroxylation is 1. The van der Waals surface area contributed by atoms with Gasteiger partial charge in [0.2, 0.25) is 0 Å². The van der Waals surface area contributed by atoms with Gasteiger partial charge in [-0.2, -0.15) is 0 Å². The quantitative estimate of drug-likeness (QED) is 0.873. The van der Waals surface area contributed by atoms with Crippen molar-refractivity contribution in [3.05, 3.63) is 33.8 Å². The minimum atomic E-state index is -1.01. The maximum Gasteiger partial charge on any atom is 0.325 e. The summed E-state index contributed by atoms with van der Waals surface area (Å²) in [5.41, 5.74) is 7.01. The first-order chi connectivity index (χ1) is 6.02. The zero-order valence-corrected chi connectivity index (χ0v) is 9.93. The Morgan fingerprint density at radius 3 is 2.64 bits per heavy atom. The highest BCUT2D eigenvalue weighted by Gasteiger charge is 2.16. The number of hydrogen-bond donors (Lipinski definition) is 2. The van der Waals surface area contributed by atoms with Crippen molar-refractivity contribution in [2.75, 3.05) is 0 Å². The van der Waals surface area contributed by atoms with Crippen LogP contribution in [0.3, 0.4) is 0 Å². The Kier molecular flexibility index (Phi) is 5.12. The lowest BCUT2D eigenvalue weighted by molar-refractivity contribution is -0.138. The normalized spacial score (nSPS) is 11.6. The molecule has 0 aromatic heterocycles. The second-order valence-electron chi connectivity index (χ2n) is 2.82. The summed E-state index contributed by atoms with van der Waals surface area (Å²) in [6, 6.07) is 4.47. The Balaban J connectivity index is 0.00000169. The summed E-state index contributed by atoms with van der Waals surface area (Å²) in [4.78, 5) is 10.6. The molecule has 1 unspecified atom stereocenters. The van der Waals surface area contributed by atoms with E-state index in [1.807, 2.05) is 19.1 Å². The fourth-order valence-corrected chi connectivity index (χ4v) is 1.46. The van der Waals surface area contributed by atoms with Crippen LogP contribution in [0.5, 0.6) is 0 Å². The first kappa shape index (κ1) is 13.4. The van der Waals surface area contributed by atoms with E-state index in [2.05, 4.69) is 15.9 Å². The van der Waals surface area contributed by atoms with Crippen molar-refractivity contribution in [3.8, 4) is 0 Å². The van der Waals surface area contributed by atoms with Crippen LogP contribution in [-0.2, 0) is 4.79 Å². The highest BCUT2D eigenvalue weighted by Crippen LogP contribution is 2.20. The van der Waals surface area contributed by atoms with Gasteiger partial charge < -0.3 is 10.8 Å². The smallest absolute Gasteiger partial charge is 0.325 e. The molecule has 0 amide bonds. The SMILES string of the molecule is Cc1ccc(Br)cc1C(N)C(=O)O.Cl. The molecule has 0 spiro atoms. The molecule has 0 bridgehead atoms. The molecule has 14 heavy (non-hydrogen) atoms. The van der Waals surface area contributed by atoms with Gasteiger partial charge in [0.1, 0.15) is 6.04 Å². The van der Waals surface area contributed by atoms with E-state index in [4.69, 9.17) is 10.8 Å². The molecule has 0 aliphatic carbocycles. The van der Waals surface area contributed by atoms with E-state index in [9.17, 15) is 4.79 Å². The maximum absolute atomic E-state index is 10.6. The van der Waals surface area contributed by atoms with Crippen LogP contribution >= 0.6 is 28.3 Å². The maximum atomic E-state index is 10.6. The Morgan fingerprint density at radius 2 is 2.14 bits per heavy atom. The van der Waals surface area contributed by atoms with Crippen molar-refractivity contribution in [2.24, 2.45) is 5.73 Å². The molecule has 0 saturated heterocycles. The van der Waals surface area contributed by atoms with Crippen molar-refractivity contribution in [1.82, 2.24) is 0 Å². The molecule has 0 radical (unpaired) electrons. The zero-order valence-electron chi connectivity index (χ0n) is 7.53. The molecule has 3 N–H and O–H groups in total. The molecule has 78 valence electrons. The van der Waals surface area contributed by atoms with Crippen LogP contribution in [0.4, 0.5) is 0 Å². The molecule has 0 aliphatic heterocycles. The Labute approximate surface area is 96.8 Å². The van der Waals surface area contributed by atoms with Crippen LogP contribution < -0.4 is 5.73 Å². The van der Waals surface area contributed by atoms with Crippen LogP contribution in [0.2, 0.25) is 0 Å². The van der Waals surface area contributed by atoms with E-state index in [1.54, 1.807) is 6.07 Å². The number of nitrogens with two attached hydrogens (primary N) is 1. The standard InChI is InChI=1S/C9H10BrNO2.ClH/c1-5-2-3-6(10)4-7(5)8(11)9(12)13;/h2-4,8H,11H2,1H3,(H,12,13);1H. The molecule has 0 saturated carbocycles. The summed E-state index contributed by atoms with van der Waals surface area (Å²) in [6.07, 6.45) is 0. The van der Waals surface area contributed by atoms with Crippen LogP contribution in [0.25, 0.3) is 0 Å². The lowest BCUT2D eigenvalue weighted by Gasteiger charge is -2.10. The number of halogens is 2. The van der Waals surface area contributed by atoms with Crippen molar-refractivity contribution < 1.29 is 9.90 Å². The van der Waals surface area contributed by atoms with Gasteiger partial charge in [-0.1, -0.05) is 22.0 Å². The number of carboxylic acid groups (broad SMARTS) is 1. The molecule has 1 atom stereocenters. The molecule has 1 aromatic carbocycles. The minimum Gasteiger partial charge on any atom is -0.480 e. The van der Waals surface area contributed by atoms with Gasteiger partial charge in [-0.25, -0.2) is 0 Å². The second kappa shape index (κ2) is 5.34. The Hall–Kier alpha value is -0.580. The van der Waals surface area contributed by atoms with Gasteiger partial charge in [0.25, 0.3) is 0 Å². The number of aliphatic carboxylic acids is 1. The first-order valence-electron chi connectivity index (χ1n) is 3.77. The highest BCUT2D eigenvalue weighted by molar-refractivity contribution is 9.10. The average molecular weight is 281 g/mol. The summed E-state index contributed by atoms with van der Waals surface area (Å²) in [5.74, 6) is -1.01. The summed E-state index contributed by atoms with van der Waals surface area (Å²) in [6.45, 7) is 1.84. The third-order valence-electron chi connectivity index (χ3n) is 1.84. The van der Waals surface area contributed by atoms with Crippen molar-refractivity contribution in [2.45, 2.75) is 13.0 Å². The van der Waals surface area contributed by atoms with E-state index in [-0.39, 0.29) is 12.4 Å². The summed E-state index contributed by atoms with van der Waals surface area (Å²) >= 11 is 3.27. The molecular weight excluding hydrogens is 269 g/mol. The number of hydrogen-bond acceptors (Lipinski definition) is 2. The molecule has 1 rings (SSSR count). The summed E-state index contributed by atoms with van der Waals surface area (Å²) in [7, 11) is 0. The molecule has 3 nitrogen and oxygen atoms in total. The number of carbonyl (C=O) groups is 1. The van der Waals surface area contributed by atoms with Gasteiger partial charge in [0.05, 0.1) is 0 Å². The Morgan fingerprint density at radius 1 is 1.57 bits per heavy atom. The molecule has 0 heterocycles. The molecule has 0 fully saturated rings. The fourth-order valence-electron chi connectivity index (χ4n) is 1.08. The zero-order chi connectivity index (χ0) is 10.0. The molecule has 0 aliphatic rings. The Bertz CT molecular complexity index is 344. The van der Waals surface area contributed by atoms with Gasteiger partial charge >= 0.3 is 5.97 Å². The van der Waals surface area contributed by atoms with E-state index in [0.29, 0.717) is 5.56 Å². The third kappa shape index (κ3) is 2.97. The number of rotatable bonds is 2. The predicted octanol–water partition coefficient (Wildman–Crippen LogP) is 2.26. The van der Waals surface area contributed by atoms with Crippen molar-refractivity contribution >= 4 is 34.3 Å². The van der Waals surface area contributed by atoms with Crippen LogP contribution in [0.15, 0.2) is 22.7 Å². The molecule has 5 heteroatoms. The summed E-state index contributed by atoms with van der Waals surface area (Å²) < 4.78 is 0.838. The third-order valence-corrected chi connectivity index (χ3v) is 2.34. The molecule has 1 aromatic rings. The van der Waals surface area contributed by atoms with Crippen molar-refractivity contribution in [1.29, 1.82) is 0 Å². The minimum absolute atomic E-state index is 0. The second-order valence-corrected chi connectivity index (χ2v) is 3.73. The van der Waals surface area contributed by atoms with Gasteiger partial charge in [-0.15, -0.1) is 12.4 Å².